The lowest BCUT2D eigenvalue weighted by atomic mass is 10.1. The normalized spacial score (nSPS) is 18.3. The van der Waals surface area contributed by atoms with Crippen LogP contribution < -0.4 is 11.1 Å². The molecule has 98 valence electrons. The monoisotopic (exact) mass is 248 g/mol. The number of hydrogen-bond acceptors (Lipinski definition) is 3. The Morgan fingerprint density at radius 2 is 2.17 bits per heavy atom. The molecule has 1 unspecified atom stereocenters. The Morgan fingerprint density at radius 3 is 2.83 bits per heavy atom. The average Bonchev–Trinajstić information content (AvgIpc) is 2.57. The lowest BCUT2D eigenvalue weighted by Crippen LogP contribution is -2.27. The van der Waals surface area contributed by atoms with Gasteiger partial charge in [-0.1, -0.05) is 6.07 Å². The summed E-state index contributed by atoms with van der Waals surface area (Å²) in [6, 6.07) is 5.97. The summed E-state index contributed by atoms with van der Waals surface area (Å²) < 4.78 is 5.21. The first-order valence-electron chi connectivity index (χ1n) is 6.23. The molecule has 0 radical (unpaired) electrons. The first kappa shape index (κ1) is 12.9. The summed E-state index contributed by atoms with van der Waals surface area (Å²) in [5.74, 6) is 0. The van der Waals surface area contributed by atoms with Gasteiger partial charge in [-0.15, -0.1) is 0 Å². The summed E-state index contributed by atoms with van der Waals surface area (Å²) in [5.41, 5.74) is 8.65. The van der Waals surface area contributed by atoms with Gasteiger partial charge in [-0.05, 0) is 56.9 Å². The Morgan fingerprint density at radius 1 is 1.44 bits per heavy atom. The van der Waals surface area contributed by atoms with E-state index in [1.807, 2.05) is 39.0 Å². The van der Waals surface area contributed by atoms with Crippen LogP contribution in [0.4, 0.5) is 10.5 Å². The highest BCUT2D eigenvalue weighted by atomic mass is 16.6. The Hall–Kier alpha value is -1.55. The number of carbonyl (C=O) groups excluding carboxylic acids is 1. The zero-order valence-corrected chi connectivity index (χ0v) is 11.1. The molecular weight excluding hydrogens is 228 g/mol. The van der Waals surface area contributed by atoms with Crippen LogP contribution in [0.5, 0.6) is 0 Å². The van der Waals surface area contributed by atoms with Crippen LogP contribution in [-0.2, 0) is 11.2 Å². The highest BCUT2D eigenvalue weighted by molar-refractivity contribution is 5.85. The van der Waals surface area contributed by atoms with Gasteiger partial charge >= 0.3 is 6.09 Å². The first-order valence-corrected chi connectivity index (χ1v) is 6.23. The summed E-state index contributed by atoms with van der Waals surface area (Å²) in [4.78, 5) is 11.6. The number of anilines is 1. The first-order chi connectivity index (χ1) is 8.35. The van der Waals surface area contributed by atoms with E-state index in [2.05, 4.69) is 5.32 Å². The molecule has 1 aromatic rings. The fourth-order valence-electron chi connectivity index (χ4n) is 2.15. The number of hydrogen-bond donors (Lipinski definition) is 2. The fourth-order valence-corrected chi connectivity index (χ4v) is 2.15. The second-order valence-corrected chi connectivity index (χ2v) is 5.69. The van der Waals surface area contributed by atoms with Crippen molar-refractivity contribution in [1.82, 2.24) is 0 Å². The van der Waals surface area contributed by atoms with Crippen LogP contribution in [0.15, 0.2) is 18.2 Å². The van der Waals surface area contributed by atoms with E-state index in [-0.39, 0.29) is 6.04 Å². The topological polar surface area (TPSA) is 64.3 Å². The van der Waals surface area contributed by atoms with Crippen LogP contribution in [0.3, 0.4) is 0 Å². The third-order valence-electron chi connectivity index (χ3n) is 2.91. The van der Waals surface area contributed by atoms with Crippen molar-refractivity contribution in [3.05, 3.63) is 29.3 Å². The Kier molecular flexibility index (Phi) is 3.30. The second-order valence-electron chi connectivity index (χ2n) is 5.69. The molecule has 1 aliphatic carbocycles. The maximum absolute atomic E-state index is 11.6. The van der Waals surface area contributed by atoms with Gasteiger partial charge in [-0.2, -0.15) is 0 Å². The van der Waals surface area contributed by atoms with Gasteiger partial charge in [0.15, 0.2) is 0 Å². The number of aryl methyl sites for hydroxylation is 1. The van der Waals surface area contributed by atoms with Crippen molar-refractivity contribution < 1.29 is 9.53 Å². The number of nitrogens with one attached hydrogen (secondary N) is 1. The molecule has 0 saturated heterocycles. The van der Waals surface area contributed by atoms with E-state index < -0.39 is 11.7 Å². The van der Waals surface area contributed by atoms with Gasteiger partial charge in [0.1, 0.15) is 5.60 Å². The number of fused-ring (bicyclic) bond motifs is 1. The molecular formula is C14H20N2O2. The molecule has 0 fully saturated rings. The van der Waals surface area contributed by atoms with E-state index >= 15 is 0 Å². The second kappa shape index (κ2) is 4.61. The summed E-state index contributed by atoms with van der Waals surface area (Å²) in [6.45, 7) is 5.52. The van der Waals surface area contributed by atoms with Crippen molar-refractivity contribution in [3.8, 4) is 0 Å². The van der Waals surface area contributed by atoms with E-state index in [1.54, 1.807) is 0 Å². The van der Waals surface area contributed by atoms with E-state index in [0.29, 0.717) is 0 Å². The minimum Gasteiger partial charge on any atom is -0.444 e. The molecule has 4 nitrogen and oxygen atoms in total. The van der Waals surface area contributed by atoms with Gasteiger partial charge in [-0.3, -0.25) is 5.32 Å². The summed E-state index contributed by atoms with van der Waals surface area (Å²) in [7, 11) is 0. The van der Waals surface area contributed by atoms with Gasteiger partial charge in [0.25, 0.3) is 0 Å². The molecule has 1 atom stereocenters. The molecule has 0 aliphatic heterocycles. The number of ether oxygens (including phenoxy) is 1. The molecule has 2 rings (SSSR count). The van der Waals surface area contributed by atoms with Crippen molar-refractivity contribution in [1.29, 1.82) is 0 Å². The van der Waals surface area contributed by atoms with Crippen LogP contribution in [-0.4, -0.2) is 11.7 Å². The lowest BCUT2D eigenvalue weighted by Gasteiger charge is -2.19. The summed E-state index contributed by atoms with van der Waals surface area (Å²) in [5, 5.41) is 2.74. The third-order valence-corrected chi connectivity index (χ3v) is 2.91. The summed E-state index contributed by atoms with van der Waals surface area (Å²) >= 11 is 0. The predicted molar refractivity (Wildman–Crippen MR) is 71.5 cm³/mol. The maximum atomic E-state index is 11.6. The Balaban J connectivity index is 2.05. The molecule has 1 aromatic carbocycles. The van der Waals surface area contributed by atoms with E-state index in [4.69, 9.17) is 10.5 Å². The molecule has 0 spiro atoms. The lowest BCUT2D eigenvalue weighted by molar-refractivity contribution is 0.0636. The van der Waals surface area contributed by atoms with Gasteiger partial charge in [-0.25, -0.2) is 4.79 Å². The van der Waals surface area contributed by atoms with Crippen molar-refractivity contribution in [2.24, 2.45) is 5.73 Å². The molecule has 0 saturated carbocycles. The highest BCUT2D eigenvalue weighted by Gasteiger charge is 2.20. The molecule has 0 aromatic heterocycles. The number of carbonyl (C=O) groups is 1. The minimum atomic E-state index is -0.483. The molecule has 1 amide bonds. The minimum absolute atomic E-state index is 0.135. The van der Waals surface area contributed by atoms with E-state index in [1.165, 1.54) is 11.1 Å². The largest absolute Gasteiger partial charge is 0.444 e. The fraction of sp³-hybridized carbons (Fsp3) is 0.500. The predicted octanol–water partition coefficient (Wildman–Crippen LogP) is 2.98. The third kappa shape index (κ3) is 3.01. The van der Waals surface area contributed by atoms with Crippen molar-refractivity contribution >= 4 is 11.8 Å². The smallest absolute Gasteiger partial charge is 0.412 e. The van der Waals surface area contributed by atoms with Crippen molar-refractivity contribution in [2.45, 2.75) is 45.3 Å². The zero-order valence-electron chi connectivity index (χ0n) is 11.1. The molecule has 3 N–H and O–H groups in total. The van der Waals surface area contributed by atoms with Gasteiger partial charge in [0.05, 0.1) is 0 Å². The average molecular weight is 248 g/mol. The van der Waals surface area contributed by atoms with Gasteiger partial charge in [0.2, 0.25) is 0 Å². The standard InChI is InChI=1S/C14H20N2O2/c1-14(2,3)18-13(17)16-10-5-6-11-9(8-10)4-7-12(11)15/h5-6,8,12H,4,7,15H2,1-3H3,(H,16,17). The molecule has 0 bridgehead atoms. The summed E-state index contributed by atoms with van der Waals surface area (Å²) in [6.07, 6.45) is 1.52. The van der Waals surface area contributed by atoms with Crippen LogP contribution in [0.25, 0.3) is 0 Å². The van der Waals surface area contributed by atoms with Crippen molar-refractivity contribution in [3.63, 3.8) is 0 Å². The molecule has 4 heteroatoms. The van der Waals surface area contributed by atoms with Crippen LogP contribution >= 0.6 is 0 Å². The molecule has 18 heavy (non-hydrogen) atoms. The SMILES string of the molecule is CC(C)(C)OC(=O)Nc1ccc2c(c1)CCC2N. The quantitative estimate of drug-likeness (QED) is 0.803. The Bertz CT molecular complexity index is 463. The van der Waals surface area contributed by atoms with E-state index in [9.17, 15) is 4.79 Å². The number of nitrogens with two attached hydrogens (primary N) is 1. The number of amides is 1. The van der Waals surface area contributed by atoms with Crippen molar-refractivity contribution in [2.75, 3.05) is 5.32 Å². The Labute approximate surface area is 108 Å². The zero-order chi connectivity index (χ0) is 13.3. The van der Waals surface area contributed by atoms with Crippen LogP contribution in [0, 0.1) is 0 Å². The highest BCUT2D eigenvalue weighted by Crippen LogP contribution is 2.31. The van der Waals surface area contributed by atoms with Crippen LogP contribution in [0.2, 0.25) is 0 Å². The van der Waals surface area contributed by atoms with E-state index in [0.717, 1.165) is 18.5 Å². The van der Waals surface area contributed by atoms with Gasteiger partial charge < -0.3 is 10.5 Å². The van der Waals surface area contributed by atoms with Gasteiger partial charge in [0, 0.05) is 11.7 Å². The maximum Gasteiger partial charge on any atom is 0.412 e. The number of rotatable bonds is 1. The van der Waals surface area contributed by atoms with Crippen LogP contribution in [0.1, 0.15) is 44.4 Å². The molecule has 1 aliphatic rings. The number of benzene rings is 1. The molecule has 0 heterocycles.